The minimum absolute atomic E-state index is 0.418. The summed E-state index contributed by atoms with van der Waals surface area (Å²) in [6, 6.07) is 4.01. The minimum atomic E-state index is 0.418. The molecule has 2 heteroatoms. The molecule has 17 heavy (non-hydrogen) atoms. The number of nitrogens with one attached hydrogen (secondary N) is 1. The fourth-order valence-electron chi connectivity index (χ4n) is 1.98. The smallest absolute Gasteiger partial charge is 0.123 e. The molecule has 0 bridgehead atoms. The molecule has 0 fully saturated rings. The summed E-state index contributed by atoms with van der Waals surface area (Å²) in [4.78, 5) is 0. The summed E-state index contributed by atoms with van der Waals surface area (Å²) in [7, 11) is 0. The Bertz CT molecular complexity index is 347. The lowest BCUT2D eigenvalue weighted by Gasteiger charge is -2.12. The van der Waals surface area contributed by atoms with Crippen molar-refractivity contribution < 1.29 is 5.11 Å². The van der Waals surface area contributed by atoms with Crippen molar-refractivity contribution in [3.63, 3.8) is 0 Å². The van der Waals surface area contributed by atoms with Crippen LogP contribution in [0.25, 0.3) is 0 Å². The van der Waals surface area contributed by atoms with Gasteiger partial charge in [-0.25, -0.2) is 0 Å². The molecule has 0 saturated carbocycles. The molecule has 0 aromatic heterocycles. The lowest BCUT2D eigenvalue weighted by atomic mass is 10.1. The molecule has 0 spiro atoms. The molecule has 2 N–H and O–H groups in total. The van der Waals surface area contributed by atoms with Crippen LogP contribution in [-0.2, 0) is 0 Å². The molecular weight excluding hydrogens is 210 g/mol. The number of unbranched alkanes of at least 4 members (excludes halogenated alkanes) is 4. The Labute approximate surface area is 105 Å². The maximum atomic E-state index is 9.82. The van der Waals surface area contributed by atoms with Gasteiger partial charge in [-0.1, -0.05) is 38.7 Å². The Kier molecular flexibility index (Phi) is 5.88. The van der Waals surface area contributed by atoms with Gasteiger partial charge < -0.3 is 10.4 Å². The predicted molar refractivity (Wildman–Crippen MR) is 74.8 cm³/mol. The number of phenols is 1. The van der Waals surface area contributed by atoms with Gasteiger partial charge in [0.1, 0.15) is 5.75 Å². The normalized spacial score (nSPS) is 10.5. The van der Waals surface area contributed by atoms with Gasteiger partial charge in [-0.2, -0.15) is 0 Å². The van der Waals surface area contributed by atoms with Crippen LogP contribution in [-0.4, -0.2) is 11.7 Å². The summed E-state index contributed by atoms with van der Waals surface area (Å²) in [5, 5.41) is 13.2. The highest BCUT2D eigenvalue weighted by Crippen LogP contribution is 2.27. The summed E-state index contributed by atoms with van der Waals surface area (Å²) < 4.78 is 0. The highest BCUT2D eigenvalue weighted by molar-refractivity contribution is 5.58. The SMILES string of the molecule is CCCCCCCNc1ccc(C)c(O)c1C. The monoisotopic (exact) mass is 235 g/mol. The first-order valence-corrected chi connectivity index (χ1v) is 6.69. The molecule has 0 amide bonds. The van der Waals surface area contributed by atoms with Crippen LogP contribution < -0.4 is 5.32 Å². The van der Waals surface area contributed by atoms with Crippen molar-refractivity contribution >= 4 is 5.69 Å². The van der Waals surface area contributed by atoms with E-state index in [1.165, 1.54) is 32.1 Å². The van der Waals surface area contributed by atoms with E-state index in [0.29, 0.717) is 5.75 Å². The largest absolute Gasteiger partial charge is 0.507 e. The van der Waals surface area contributed by atoms with E-state index in [9.17, 15) is 5.11 Å². The maximum Gasteiger partial charge on any atom is 0.123 e. The number of anilines is 1. The second-order valence-electron chi connectivity index (χ2n) is 4.74. The first-order valence-electron chi connectivity index (χ1n) is 6.69. The van der Waals surface area contributed by atoms with Crippen LogP contribution in [0.15, 0.2) is 12.1 Å². The number of aryl methyl sites for hydroxylation is 1. The highest BCUT2D eigenvalue weighted by Gasteiger charge is 2.04. The van der Waals surface area contributed by atoms with Crippen LogP contribution in [0.4, 0.5) is 5.69 Å². The van der Waals surface area contributed by atoms with Gasteiger partial charge in [0, 0.05) is 17.8 Å². The number of hydrogen-bond acceptors (Lipinski definition) is 2. The van der Waals surface area contributed by atoms with Gasteiger partial charge >= 0.3 is 0 Å². The van der Waals surface area contributed by atoms with Crippen molar-refractivity contribution in [3.8, 4) is 5.75 Å². The highest BCUT2D eigenvalue weighted by atomic mass is 16.3. The summed E-state index contributed by atoms with van der Waals surface area (Å²) >= 11 is 0. The molecule has 1 rings (SSSR count). The van der Waals surface area contributed by atoms with Crippen LogP contribution >= 0.6 is 0 Å². The zero-order chi connectivity index (χ0) is 12.7. The first kappa shape index (κ1) is 13.9. The van der Waals surface area contributed by atoms with E-state index in [1.54, 1.807) is 0 Å². The number of hydrogen-bond donors (Lipinski definition) is 2. The lowest BCUT2D eigenvalue weighted by Crippen LogP contribution is -2.03. The van der Waals surface area contributed by atoms with E-state index in [-0.39, 0.29) is 0 Å². The van der Waals surface area contributed by atoms with Gasteiger partial charge in [-0.3, -0.25) is 0 Å². The minimum Gasteiger partial charge on any atom is -0.507 e. The number of aromatic hydroxyl groups is 1. The molecular formula is C15H25NO. The molecule has 0 saturated heterocycles. The summed E-state index contributed by atoms with van der Waals surface area (Å²) in [5.74, 6) is 0.418. The van der Waals surface area contributed by atoms with Gasteiger partial charge in [-0.05, 0) is 31.9 Å². The summed E-state index contributed by atoms with van der Waals surface area (Å²) in [6.07, 6.45) is 6.45. The first-order chi connectivity index (χ1) is 8.16. The number of benzene rings is 1. The van der Waals surface area contributed by atoms with Crippen molar-refractivity contribution in [2.75, 3.05) is 11.9 Å². The summed E-state index contributed by atoms with van der Waals surface area (Å²) in [6.45, 7) is 7.11. The Balaban J connectivity index is 2.35. The molecule has 1 aromatic rings. The quantitative estimate of drug-likeness (QED) is 0.687. The Morgan fingerprint density at radius 2 is 1.76 bits per heavy atom. The van der Waals surface area contributed by atoms with E-state index < -0.39 is 0 Å². The molecule has 1 aromatic carbocycles. The standard InChI is InChI=1S/C15H25NO/c1-4-5-6-7-8-11-16-14-10-9-12(2)15(17)13(14)3/h9-10,16-17H,4-8,11H2,1-3H3. The van der Waals surface area contributed by atoms with Gasteiger partial charge in [0.2, 0.25) is 0 Å². The van der Waals surface area contributed by atoms with Gasteiger partial charge in [0.15, 0.2) is 0 Å². The Hall–Kier alpha value is -1.18. The second-order valence-corrected chi connectivity index (χ2v) is 4.74. The molecule has 0 unspecified atom stereocenters. The van der Waals surface area contributed by atoms with Gasteiger partial charge in [-0.15, -0.1) is 0 Å². The van der Waals surface area contributed by atoms with E-state index in [2.05, 4.69) is 18.3 Å². The van der Waals surface area contributed by atoms with Crippen LogP contribution in [0.5, 0.6) is 5.75 Å². The topological polar surface area (TPSA) is 32.3 Å². The van der Waals surface area contributed by atoms with E-state index in [1.807, 2.05) is 19.9 Å². The number of rotatable bonds is 7. The Morgan fingerprint density at radius 1 is 1.06 bits per heavy atom. The molecule has 0 aliphatic rings. The van der Waals surface area contributed by atoms with Gasteiger partial charge in [0.05, 0.1) is 0 Å². The van der Waals surface area contributed by atoms with Crippen molar-refractivity contribution in [2.45, 2.75) is 52.9 Å². The second kappa shape index (κ2) is 7.21. The third-order valence-corrected chi connectivity index (χ3v) is 3.23. The van der Waals surface area contributed by atoms with Crippen molar-refractivity contribution in [1.82, 2.24) is 0 Å². The van der Waals surface area contributed by atoms with E-state index in [0.717, 1.165) is 23.4 Å². The molecule has 0 aliphatic carbocycles. The van der Waals surface area contributed by atoms with E-state index in [4.69, 9.17) is 0 Å². The summed E-state index contributed by atoms with van der Waals surface area (Å²) in [5.41, 5.74) is 2.96. The number of phenolic OH excluding ortho intramolecular Hbond substituents is 1. The molecule has 0 heterocycles. The average Bonchev–Trinajstić information content (AvgIpc) is 2.33. The van der Waals surface area contributed by atoms with Crippen molar-refractivity contribution in [2.24, 2.45) is 0 Å². The molecule has 2 nitrogen and oxygen atoms in total. The van der Waals surface area contributed by atoms with Gasteiger partial charge in [0.25, 0.3) is 0 Å². The third kappa shape index (κ3) is 4.29. The zero-order valence-corrected chi connectivity index (χ0v) is 11.3. The lowest BCUT2D eigenvalue weighted by molar-refractivity contribution is 0.467. The van der Waals surface area contributed by atoms with Crippen molar-refractivity contribution in [1.29, 1.82) is 0 Å². The predicted octanol–water partition coefficient (Wildman–Crippen LogP) is 4.39. The van der Waals surface area contributed by atoms with Crippen LogP contribution in [0, 0.1) is 13.8 Å². The van der Waals surface area contributed by atoms with E-state index >= 15 is 0 Å². The zero-order valence-electron chi connectivity index (χ0n) is 11.3. The molecule has 0 radical (unpaired) electrons. The Morgan fingerprint density at radius 3 is 2.47 bits per heavy atom. The van der Waals surface area contributed by atoms with Crippen LogP contribution in [0.2, 0.25) is 0 Å². The van der Waals surface area contributed by atoms with Crippen LogP contribution in [0.3, 0.4) is 0 Å². The fourth-order valence-corrected chi connectivity index (χ4v) is 1.98. The molecule has 0 atom stereocenters. The van der Waals surface area contributed by atoms with Crippen molar-refractivity contribution in [3.05, 3.63) is 23.3 Å². The third-order valence-electron chi connectivity index (χ3n) is 3.23. The molecule has 96 valence electrons. The average molecular weight is 235 g/mol. The fraction of sp³-hybridized carbons (Fsp3) is 0.600. The maximum absolute atomic E-state index is 9.82. The molecule has 0 aliphatic heterocycles. The van der Waals surface area contributed by atoms with Crippen LogP contribution in [0.1, 0.15) is 50.2 Å².